The van der Waals surface area contributed by atoms with Gasteiger partial charge >= 0.3 is 11.9 Å². The van der Waals surface area contributed by atoms with Crippen molar-refractivity contribution < 1.29 is 34.2 Å². The largest absolute Gasteiger partial charge is 0.481 e. The molecule has 0 saturated heterocycles. The normalized spacial score (nSPS) is 13.3. The molecule has 0 fully saturated rings. The Morgan fingerprint density at radius 1 is 0.879 bits per heavy atom. The monoisotopic (exact) mass is 473 g/mol. The number of carbonyl (C=O) groups is 5. The smallest absolute Gasteiger partial charge is 0.326 e. The standard InChI is InChI=1S/C19H35N7O7/c1-10(2)8-13(24-14(27)9-20)17(31)25-11(4-3-7-23-19(21)22)16(30)26-12(18(32)33)5-6-15(28)29/h10-13H,3-9,20H2,1-2H3,(H,24,27)(H,25,31)(H,26,30)(H,28,29)(H,32,33)(H4,21,22,23). The summed E-state index contributed by atoms with van der Waals surface area (Å²) in [6.45, 7) is 3.51. The highest BCUT2D eigenvalue weighted by Crippen LogP contribution is 2.08. The van der Waals surface area contributed by atoms with Gasteiger partial charge in [-0.05, 0) is 31.6 Å². The Balaban J connectivity index is 5.49. The lowest BCUT2D eigenvalue weighted by Crippen LogP contribution is -2.56. The van der Waals surface area contributed by atoms with Gasteiger partial charge in [-0.3, -0.25) is 24.2 Å². The zero-order chi connectivity index (χ0) is 25.6. The van der Waals surface area contributed by atoms with E-state index in [0.717, 1.165) is 0 Å². The zero-order valence-corrected chi connectivity index (χ0v) is 18.9. The number of carbonyl (C=O) groups excluding carboxylic acids is 3. The molecule has 0 aromatic rings. The second kappa shape index (κ2) is 15.4. The first-order valence-corrected chi connectivity index (χ1v) is 10.5. The minimum absolute atomic E-state index is 0.0281. The molecule has 0 bridgehead atoms. The highest BCUT2D eigenvalue weighted by atomic mass is 16.4. The SMILES string of the molecule is CC(C)CC(NC(=O)CN)C(=O)NC(CCCN=C(N)N)C(=O)NC(CCC(=O)O)C(=O)O. The molecule has 0 aliphatic carbocycles. The van der Waals surface area contributed by atoms with Crippen molar-refractivity contribution in [2.24, 2.45) is 28.1 Å². The van der Waals surface area contributed by atoms with Crippen molar-refractivity contribution in [3.63, 3.8) is 0 Å². The van der Waals surface area contributed by atoms with Crippen molar-refractivity contribution in [2.45, 2.75) is 64.1 Å². The van der Waals surface area contributed by atoms with Crippen LogP contribution in [0.1, 0.15) is 46.0 Å². The van der Waals surface area contributed by atoms with E-state index in [0.29, 0.717) is 0 Å². The number of guanidine groups is 1. The van der Waals surface area contributed by atoms with Crippen LogP contribution >= 0.6 is 0 Å². The Kier molecular flexibility index (Phi) is 13.8. The molecule has 0 saturated carbocycles. The Bertz CT molecular complexity index is 723. The van der Waals surface area contributed by atoms with Crippen molar-refractivity contribution in [2.75, 3.05) is 13.1 Å². The summed E-state index contributed by atoms with van der Waals surface area (Å²) in [5, 5.41) is 25.3. The molecule has 188 valence electrons. The molecule has 0 aromatic carbocycles. The molecule has 14 heteroatoms. The third-order valence-corrected chi connectivity index (χ3v) is 4.38. The first kappa shape index (κ1) is 29.6. The summed E-state index contributed by atoms with van der Waals surface area (Å²) < 4.78 is 0. The molecule has 3 atom stereocenters. The van der Waals surface area contributed by atoms with Gasteiger partial charge in [0.2, 0.25) is 17.7 Å². The fourth-order valence-electron chi connectivity index (χ4n) is 2.80. The summed E-state index contributed by atoms with van der Waals surface area (Å²) >= 11 is 0. The van der Waals surface area contributed by atoms with Crippen molar-refractivity contribution in [1.29, 1.82) is 0 Å². The van der Waals surface area contributed by atoms with E-state index in [4.69, 9.17) is 22.3 Å². The van der Waals surface area contributed by atoms with Gasteiger partial charge in [0.15, 0.2) is 5.96 Å². The fourth-order valence-corrected chi connectivity index (χ4v) is 2.80. The molecule has 3 unspecified atom stereocenters. The summed E-state index contributed by atoms with van der Waals surface area (Å²) in [6, 6.07) is -3.60. The molecule has 0 heterocycles. The predicted octanol–water partition coefficient (Wildman–Crippen LogP) is -2.55. The van der Waals surface area contributed by atoms with Gasteiger partial charge in [-0.1, -0.05) is 13.8 Å². The number of aliphatic carboxylic acids is 2. The summed E-state index contributed by atoms with van der Waals surface area (Å²) in [4.78, 5) is 63.2. The average molecular weight is 474 g/mol. The molecule has 3 amide bonds. The van der Waals surface area contributed by atoms with Crippen LogP contribution in [0.3, 0.4) is 0 Å². The molecule has 14 nitrogen and oxygen atoms in total. The van der Waals surface area contributed by atoms with Gasteiger partial charge in [-0.15, -0.1) is 0 Å². The molecule has 0 aromatic heterocycles. The molecule has 0 rings (SSSR count). The van der Waals surface area contributed by atoms with E-state index < -0.39 is 54.2 Å². The van der Waals surface area contributed by atoms with Gasteiger partial charge in [0.25, 0.3) is 0 Å². The molecule has 0 aliphatic heterocycles. The molecular formula is C19H35N7O7. The van der Waals surface area contributed by atoms with Gasteiger partial charge in [-0.2, -0.15) is 0 Å². The van der Waals surface area contributed by atoms with Gasteiger partial charge in [0, 0.05) is 13.0 Å². The van der Waals surface area contributed by atoms with Crippen LogP contribution in [0.15, 0.2) is 4.99 Å². The number of carboxylic acid groups (broad SMARTS) is 2. The number of carboxylic acids is 2. The first-order chi connectivity index (χ1) is 15.4. The highest BCUT2D eigenvalue weighted by molar-refractivity contribution is 5.93. The number of nitrogens with zero attached hydrogens (tertiary/aromatic N) is 1. The molecule has 11 N–H and O–H groups in total. The summed E-state index contributed by atoms with van der Waals surface area (Å²) in [6.07, 6.45) is -0.212. The number of hydrogen-bond acceptors (Lipinski definition) is 7. The van der Waals surface area contributed by atoms with Crippen LogP contribution < -0.4 is 33.2 Å². The maximum Gasteiger partial charge on any atom is 0.326 e. The lowest BCUT2D eigenvalue weighted by Gasteiger charge is -2.25. The minimum Gasteiger partial charge on any atom is -0.481 e. The summed E-state index contributed by atoms with van der Waals surface area (Å²) in [5.74, 6) is -4.78. The van der Waals surface area contributed by atoms with Crippen molar-refractivity contribution in [1.82, 2.24) is 16.0 Å². The van der Waals surface area contributed by atoms with Crippen LogP contribution in [-0.4, -0.2) is 77.0 Å². The molecule has 33 heavy (non-hydrogen) atoms. The summed E-state index contributed by atoms with van der Waals surface area (Å²) in [7, 11) is 0. The lowest BCUT2D eigenvalue weighted by atomic mass is 10.0. The number of rotatable bonds is 16. The Hall–Kier alpha value is -3.42. The second-order valence-electron chi connectivity index (χ2n) is 7.80. The quantitative estimate of drug-likeness (QED) is 0.0661. The Morgan fingerprint density at radius 3 is 1.94 bits per heavy atom. The number of amides is 3. The van der Waals surface area contributed by atoms with E-state index in [9.17, 15) is 29.1 Å². The Morgan fingerprint density at radius 2 is 1.45 bits per heavy atom. The number of hydrogen-bond donors (Lipinski definition) is 8. The third-order valence-electron chi connectivity index (χ3n) is 4.38. The topological polar surface area (TPSA) is 252 Å². The lowest BCUT2D eigenvalue weighted by molar-refractivity contribution is -0.143. The van der Waals surface area contributed by atoms with E-state index in [2.05, 4.69) is 20.9 Å². The van der Waals surface area contributed by atoms with E-state index in [1.165, 1.54) is 0 Å². The molecular weight excluding hydrogens is 438 g/mol. The van der Waals surface area contributed by atoms with Crippen LogP contribution in [0.5, 0.6) is 0 Å². The van der Waals surface area contributed by atoms with Gasteiger partial charge in [0.1, 0.15) is 18.1 Å². The van der Waals surface area contributed by atoms with E-state index in [1.54, 1.807) is 0 Å². The van der Waals surface area contributed by atoms with Crippen molar-refractivity contribution in [3.8, 4) is 0 Å². The maximum absolute atomic E-state index is 12.8. The fraction of sp³-hybridized carbons (Fsp3) is 0.684. The number of nitrogens with two attached hydrogens (primary N) is 3. The molecule has 0 aliphatic rings. The molecule has 0 spiro atoms. The molecule has 0 radical (unpaired) electrons. The van der Waals surface area contributed by atoms with Crippen LogP contribution in [-0.2, 0) is 24.0 Å². The van der Waals surface area contributed by atoms with Gasteiger partial charge < -0.3 is 43.4 Å². The van der Waals surface area contributed by atoms with Crippen LogP contribution in [0.4, 0.5) is 0 Å². The highest BCUT2D eigenvalue weighted by Gasteiger charge is 2.29. The van der Waals surface area contributed by atoms with Crippen molar-refractivity contribution in [3.05, 3.63) is 0 Å². The minimum atomic E-state index is -1.46. The van der Waals surface area contributed by atoms with Crippen LogP contribution in [0.25, 0.3) is 0 Å². The van der Waals surface area contributed by atoms with Gasteiger partial charge in [-0.25, -0.2) is 4.79 Å². The maximum atomic E-state index is 12.8. The van der Waals surface area contributed by atoms with Gasteiger partial charge in [0.05, 0.1) is 6.54 Å². The van der Waals surface area contributed by atoms with E-state index in [1.807, 2.05) is 13.8 Å². The predicted molar refractivity (Wildman–Crippen MR) is 119 cm³/mol. The van der Waals surface area contributed by atoms with E-state index in [-0.39, 0.29) is 50.7 Å². The van der Waals surface area contributed by atoms with Crippen LogP contribution in [0.2, 0.25) is 0 Å². The zero-order valence-electron chi connectivity index (χ0n) is 18.9. The summed E-state index contributed by atoms with van der Waals surface area (Å²) in [5.41, 5.74) is 15.8. The first-order valence-electron chi connectivity index (χ1n) is 10.5. The van der Waals surface area contributed by atoms with Crippen LogP contribution in [0, 0.1) is 5.92 Å². The third kappa shape index (κ3) is 13.6. The van der Waals surface area contributed by atoms with Crippen molar-refractivity contribution >= 4 is 35.6 Å². The number of aliphatic imine (C=N–C) groups is 1. The number of nitrogens with one attached hydrogen (secondary N) is 3. The Labute approximate surface area is 191 Å². The average Bonchev–Trinajstić information content (AvgIpc) is 2.71. The second-order valence-corrected chi connectivity index (χ2v) is 7.80. The van der Waals surface area contributed by atoms with E-state index >= 15 is 0 Å².